The molecule has 2 N–H and O–H groups in total. The molecule has 0 aromatic carbocycles. The van der Waals surface area contributed by atoms with Crippen LogP contribution in [-0.4, -0.2) is 59.3 Å². The number of esters is 2. The predicted molar refractivity (Wildman–Crippen MR) is 97.7 cm³/mol. The van der Waals surface area contributed by atoms with Crippen LogP contribution >= 0.6 is 11.8 Å². The lowest BCUT2D eigenvalue weighted by molar-refractivity contribution is -0.146. The number of carbonyl (C=O) groups excluding carboxylic acids is 2. The van der Waals surface area contributed by atoms with Crippen LogP contribution in [0.2, 0.25) is 0 Å². The molecule has 0 fully saturated rings. The minimum atomic E-state index is -1.05. The van der Waals surface area contributed by atoms with Gasteiger partial charge in [0.1, 0.15) is 17.3 Å². The van der Waals surface area contributed by atoms with Crippen molar-refractivity contribution in [2.45, 2.75) is 70.7 Å². The Labute approximate surface area is 154 Å². The summed E-state index contributed by atoms with van der Waals surface area (Å²) in [5.74, 6) is -1.62. The van der Waals surface area contributed by atoms with E-state index in [2.05, 4.69) is 12.2 Å². The van der Waals surface area contributed by atoms with Gasteiger partial charge in [0, 0.05) is 5.75 Å². The van der Waals surface area contributed by atoms with E-state index in [0.717, 1.165) is 19.3 Å². The second kappa shape index (κ2) is 13.9. The molecule has 3 atom stereocenters. The molecule has 0 aliphatic carbocycles. The summed E-state index contributed by atoms with van der Waals surface area (Å²) < 4.78 is 10.1. The topological polar surface area (TPSA) is 102 Å². The van der Waals surface area contributed by atoms with Gasteiger partial charge >= 0.3 is 17.9 Å². The van der Waals surface area contributed by atoms with Crippen LogP contribution in [0.5, 0.6) is 0 Å². The van der Waals surface area contributed by atoms with Crippen LogP contribution in [0.4, 0.5) is 0 Å². The summed E-state index contributed by atoms with van der Waals surface area (Å²) in [7, 11) is 0. The Balaban J connectivity index is 4.85. The molecule has 0 rings (SSSR count). The van der Waals surface area contributed by atoms with E-state index in [-0.39, 0.29) is 23.6 Å². The molecule has 0 saturated carbocycles. The molecular weight excluding hydrogens is 346 g/mol. The Morgan fingerprint density at radius 1 is 1.04 bits per heavy atom. The van der Waals surface area contributed by atoms with Crippen molar-refractivity contribution in [1.29, 1.82) is 0 Å². The summed E-state index contributed by atoms with van der Waals surface area (Å²) in [4.78, 5) is 35.2. The minimum absolute atomic E-state index is 0.209. The molecule has 0 heterocycles. The zero-order valence-electron chi connectivity index (χ0n) is 15.6. The van der Waals surface area contributed by atoms with E-state index in [4.69, 9.17) is 14.6 Å². The average molecular weight is 378 g/mol. The van der Waals surface area contributed by atoms with Crippen molar-refractivity contribution in [3.05, 3.63) is 0 Å². The van der Waals surface area contributed by atoms with Gasteiger partial charge in [-0.15, -0.1) is 11.8 Å². The number of carbonyl (C=O) groups is 3. The second-order valence-corrected chi connectivity index (χ2v) is 6.84. The summed E-state index contributed by atoms with van der Waals surface area (Å²) in [5, 5.41) is 11.4. The lowest BCUT2D eigenvalue weighted by Crippen LogP contribution is -2.48. The Morgan fingerprint density at radius 3 is 2.16 bits per heavy atom. The van der Waals surface area contributed by atoms with Gasteiger partial charge in [0.25, 0.3) is 0 Å². The molecule has 25 heavy (non-hydrogen) atoms. The number of hydrogen-bond acceptors (Lipinski definition) is 7. The molecule has 1 unspecified atom stereocenters. The first-order valence-electron chi connectivity index (χ1n) is 8.80. The SMILES string of the molecule is CCCCC[C@H](SC[C@H](NC(C)C(=O)O)C(=O)OCC)C(=O)OCC. The van der Waals surface area contributed by atoms with Gasteiger partial charge in [-0.05, 0) is 27.2 Å². The number of carboxylic acids is 1. The number of aliphatic carboxylic acids is 1. The normalized spacial score (nSPS) is 14.4. The van der Waals surface area contributed by atoms with Crippen molar-refractivity contribution in [2.75, 3.05) is 19.0 Å². The van der Waals surface area contributed by atoms with E-state index in [9.17, 15) is 14.4 Å². The van der Waals surface area contributed by atoms with Crippen LogP contribution in [0, 0.1) is 0 Å². The Hall–Kier alpha value is -1.28. The highest BCUT2D eigenvalue weighted by Gasteiger charge is 2.28. The van der Waals surface area contributed by atoms with Gasteiger partial charge in [-0.2, -0.15) is 0 Å². The number of thioether (sulfide) groups is 1. The number of unbranched alkanes of at least 4 members (excludes halogenated alkanes) is 2. The molecule has 8 heteroatoms. The molecule has 0 spiro atoms. The lowest BCUT2D eigenvalue weighted by atomic mass is 10.1. The number of rotatable bonds is 14. The maximum Gasteiger partial charge on any atom is 0.324 e. The minimum Gasteiger partial charge on any atom is -0.480 e. The molecule has 7 nitrogen and oxygen atoms in total. The largest absolute Gasteiger partial charge is 0.480 e. The molecule has 0 amide bonds. The molecular formula is C17H31NO6S. The standard InChI is InChI=1S/C17H31NO6S/c1-5-8-9-10-14(17(22)24-7-3)25-11-13(16(21)23-6-2)18-12(4)15(19)20/h12-14,18H,5-11H2,1-4H3,(H,19,20)/t12?,13-,14-/m0/s1. The van der Waals surface area contributed by atoms with E-state index < -0.39 is 24.0 Å². The number of ether oxygens (including phenoxy) is 2. The van der Waals surface area contributed by atoms with Crippen LogP contribution in [0.1, 0.15) is 53.4 Å². The summed E-state index contributed by atoms with van der Waals surface area (Å²) in [5.41, 5.74) is 0. The van der Waals surface area contributed by atoms with Gasteiger partial charge in [0.2, 0.25) is 0 Å². The number of carboxylic acid groups (broad SMARTS) is 1. The van der Waals surface area contributed by atoms with Crippen molar-refractivity contribution in [3.8, 4) is 0 Å². The van der Waals surface area contributed by atoms with Gasteiger partial charge in [-0.1, -0.05) is 26.2 Å². The summed E-state index contributed by atoms with van der Waals surface area (Å²) in [6.07, 6.45) is 3.63. The quantitative estimate of drug-likeness (QED) is 0.351. The summed E-state index contributed by atoms with van der Waals surface area (Å²) >= 11 is 1.31. The zero-order valence-corrected chi connectivity index (χ0v) is 16.4. The Kier molecular flexibility index (Phi) is 13.2. The highest BCUT2D eigenvalue weighted by molar-refractivity contribution is 8.00. The first kappa shape index (κ1) is 23.7. The third-order valence-corrected chi connectivity index (χ3v) is 4.83. The van der Waals surface area contributed by atoms with Gasteiger partial charge in [0.15, 0.2) is 0 Å². The molecule has 0 aliphatic rings. The van der Waals surface area contributed by atoms with Crippen LogP contribution in [0.15, 0.2) is 0 Å². The molecule has 0 bridgehead atoms. The van der Waals surface area contributed by atoms with Crippen molar-refractivity contribution >= 4 is 29.7 Å². The molecule has 0 radical (unpaired) electrons. The summed E-state index contributed by atoms with van der Waals surface area (Å²) in [6, 6.07) is -1.68. The first-order valence-corrected chi connectivity index (χ1v) is 9.85. The van der Waals surface area contributed by atoms with E-state index in [1.54, 1.807) is 13.8 Å². The highest BCUT2D eigenvalue weighted by atomic mass is 32.2. The van der Waals surface area contributed by atoms with Crippen molar-refractivity contribution in [3.63, 3.8) is 0 Å². The van der Waals surface area contributed by atoms with Crippen LogP contribution in [-0.2, 0) is 23.9 Å². The molecule has 0 aliphatic heterocycles. The molecule has 0 aromatic rings. The molecule has 146 valence electrons. The number of nitrogens with one attached hydrogen (secondary N) is 1. The van der Waals surface area contributed by atoms with Crippen molar-refractivity contribution < 1.29 is 29.0 Å². The molecule has 0 saturated heterocycles. The Morgan fingerprint density at radius 2 is 1.64 bits per heavy atom. The van der Waals surface area contributed by atoms with Gasteiger partial charge in [0.05, 0.1) is 13.2 Å². The lowest BCUT2D eigenvalue weighted by Gasteiger charge is -2.22. The van der Waals surface area contributed by atoms with E-state index >= 15 is 0 Å². The Bertz CT molecular complexity index is 418. The summed E-state index contributed by atoms with van der Waals surface area (Å²) in [6.45, 7) is 7.50. The maximum atomic E-state index is 12.1. The van der Waals surface area contributed by atoms with Gasteiger partial charge in [-0.25, -0.2) is 0 Å². The third kappa shape index (κ3) is 10.3. The fourth-order valence-electron chi connectivity index (χ4n) is 2.10. The second-order valence-electron chi connectivity index (χ2n) is 5.60. The number of hydrogen-bond donors (Lipinski definition) is 2. The van der Waals surface area contributed by atoms with E-state index in [1.807, 2.05) is 0 Å². The van der Waals surface area contributed by atoms with E-state index in [0.29, 0.717) is 13.0 Å². The van der Waals surface area contributed by atoms with Crippen molar-refractivity contribution in [2.24, 2.45) is 0 Å². The monoisotopic (exact) mass is 377 g/mol. The van der Waals surface area contributed by atoms with Gasteiger partial charge in [-0.3, -0.25) is 19.7 Å². The van der Waals surface area contributed by atoms with Gasteiger partial charge < -0.3 is 14.6 Å². The molecule has 0 aromatic heterocycles. The van der Waals surface area contributed by atoms with Crippen LogP contribution in [0.25, 0.3) is 0 Å². The maximum absolute atomic E-state index is 12.1. The first-order chi connectivity index (χ1) is 11.9. The van der Waals surface area contributed by atoms with Crippen LogP contribution in [0.3, 0.4) is 0 Å². The van der Waals surface area contributed by atoms with Crippen LogP contribution < -0.4 is 5.32 Å². The fraction of sp³-hybridized carbons (Fsp3) is 0.824. The third-order valence-electron chi connectivity index (χ3n) is 3.48. The zero-order chi connectivity index (χ0) is 19.2. The predicted octanol–water partition coefficient (Wildman–Crippen LogP) is 2.23. The average Bonchev–Trinajstić information content (AvgIpc) is 2.56. The smallest absolute Gasteiger partial charge is 0.324 e. The van der Waals surface area contributed by atoms with Crippen molar-refractivity contribution in [1.82, 2.24) is 5.32 Å². The fourth-order valence-corrected chi connectivity index (χ4v) is 3.29. The highest BCUT2D eigenvalue weighted by Crippen LogP contribution is 2.21. The van der Waals surface area contributed by atoms with E-state index in [1.165, 1.54) is 18.7 Å².